The van der Waals surface area contributed by atoms with Crippen molar-refractivity contribution in [2.75, 3.05) is 26.3 Å². The molecule has 1 N–H and O–H groups in total. The van der Waals surface area contributed by atoms with Gasteiger partial charge in [-0.25, -0.2) is 13.8 Å². The second-order valence-corrected chi connectivity index (χ2v) is 8.78. The molecule has 2 aliphatic rings. The van der Waals surface area contributed by atoms with Crippen LogP contribution in [0.2, 0.25) is 0 Å². The molecule has 7 nitrogen and oxygen atoms in total. The predicted molar refractivity (Wildman–Crippen MR) is 98.6 cm³/mol. The third kappa shape index (κ3) is 4.49. The molecule has 1 amide bonds. The topological polar surface area (TPSA) is 88.1 Å². The maximum Gasteiger partial charge on any atom is 0.271 e. The quantitative estimate of drug-likeness (QED) is 0.811. The highest BCUT2D eigenvalue weighted by molar-refractivity contribution is 7.89. The maximum absolute atomic E-state index is 12.7. The van der Waals surface area contributed by atoms with Crippen molar-refractivity contribution in [2.24, 2.45) is 11.0 Å². The van der Waals surface area contributed by atoms with Gasteiger partial charge in [-0.3, -0.25) is 4.79 Å². The largest absolute Gasteiger partial charge is 0.379 e. The molecule has 142 valence electrons. The van der Waals surface area contributed by atoms with Gasteiger partial charge in [0.2, 0.25) is 10.0 Å². The van der Waals surface area contributed by atoms with Crippen LogP contribution in [0.25, 0.3) is 0 Å². The minimum Gasteiger partial charge on any atom is -0.379 e. The summed E-state index contributed by atoms with van der Waals surface area (Å²) in [6.45, 7) is 3.64. The third-order valence-electron chi connectivity index (χ3n) is 4.87. The van der Waals surface area contributed by atoms with Gasteiger partial charge in [0.15, 0.2) is 0 Å². The average molecular weight is 379 g/mol. The van der Waals surface area contributed by atoms with E-state index in [1.54, 1.807) is 12.1 Å². The first-order valence-corrected chi connectivity index (χ1v) is 10.4. The van der Waals surface area contributed by atoms with E-state index in [-0.39, 0.29) is 10.5 Å². The smallest absolute Gasteiger partial charge is 0.271 e. The highest BCUT2D eigenvalue weighted by Crippen LogP contribution is 2.21. The van der Waals surface area contributed by atoms with Crippen LogP contribution in [0.1, 0.15) is 43.0 Å². The van der Waals surface area contributed by atoms with Crippen molar-refractivity contribution >= 4 is 21.6 Å². The number of carbonyl (C=O) groups excluding carboxylic acids is 1. The van der Waals surface area contributed by atoms with Crippen LogP contribution in [0.15, 0.2) is 34.3 Å². The van der Waals surface area contributed by atoms with Crippen molar-refractivity contribution in [1.29, 1.82) is 0 Å². The molecule has 0 atom stereocenters. The van der Waals surface area contributed by atoms with E-state index in [0.717, 1.165) is 31.4 Å². The van der Waals surface area contributed by atoms with Crippen molar-refractivity contribution in [1.82, 2.24) is 9.73 Å². The van der Waals surface area contributed by atoms with E-state index < -0.39 is 15.9 Å². The summed E-state index contributed by atoms with van der Waals surface area (Å²) < 4.78 is 32.0. The van der Waals surface area contributed by atoms with Crippen molar-refractivity contribution in [2.45, 2.75) is 37.5 Å². The second-order valence-electron chi connectivity index (χ2n) is 6.85. The number of benzene rings is 1. The molecule has 8 heteroatoms. The Bertz CT molecular complexity index is 775. The van der Waals surface area contributed by atoms with Crippen LogP contribution >= 0.6 is 0 Å². The van der Waals surface area contributed by atoms with E-state index in [0.29, 0.717) is 32.2 Å². The van der Waals surface area contributed by atoms with Crippen LogP contribution in [0.3, 0.4) is 0 Å². The normalized spacial score (nSPS) is 22.0. The van der Waals surface area contributed by atoms with Crippen molar-refractivity contribution in [3.8, 4) is 0 Å². The number of nitrogens with one attached hydrogen (secondary N) is 1. The number of amides is 1. The van der Waals surface area contributed by atoms with Crippen LogP contribution in [-0.2, 0) is 14.8 Å². The Morgan fingerprint density at radius 3 is 2.62 bits per heavy atom. The molecule has 1 aromatic rings. The van der Waals surface area contributed by atoms with Crippen LogP contribution in [0, 0.1) is 5.92 Å². The van der Waals surface area contributed by atoms with Crippen molar-refractivity contribution < 1.29 is 17.9 Å². The summed E-state index contributed by atoms with van der Waals surface area (Å²) in [6.07, 6.45) is 3.96. The summed E-state index contributed by atoms with van der Waals surface area (Å²) in [6, 6.07) is 6.09. The zero-order valence-corrected chi connectivity index (χ0v) is 15.8. The van der Waals surface area contributed by atoms with E-state index in [9.17, 15) is 13.2 Å². The number of ether oxygens (including phenoxy) is 1. The van der Waals surface area contributed by atoms with E-state index in [2.05, 4.69) is 17.5 Å². The van der Waals surface area contributed by atoms with Gasteiger partial charge in [-0.2, -0.15) is 9.41 Å². The van der Waals surface area contributed by atoms with E-state index in [1.165, 1.54) is 16.4 Å². The van der Waals surface area contributed by atoms with Crippen LogP contribution in [-0.4, -0.2) is 50.6 Å². The van der Waals surface area contributed by atoms with Gasteiger partial charge in [0.1, 0.15) is 0 Å². The SMILES string of the molecule is CC1CCC(=NNC(=O)c2cccc(S(=O)(=O)N3CCOCC3)c2)CC1. The number of carbonyl (C=O) groups is 1. The second kappa shape index (κ2) is 8.28. The van der Waals surface area contributed by atoms with Crippen LogP contribution in [0.5, 0.6) is 0 Å². The molecule has 1 aromatic carbocycles. The first kappa shape index (κ1) is 19.0. The molecule has 0 aromatic heterocycles. The Kier molecular flexibility index (Phi) is 6.05. The zero-order valence-electron chi connectivity index (χ0n) is 15.0. The molecule has 1 saturated carbocycles. The zero-order chi connectivity index (χ0) is 18.6. The number of hydrazone groups is 1. The summed E-state index contributed by atoms with van der Waals surface area (Å²) in [5, 5.41) is 4.22. The molecular formula is C18H25N3O4S. The molecule has 1 saturated heterocycles. The van der Waals surface area contributed by atoms with Gasteiger partial charge in [0.25, 0.3) is 5.91 Å². The van der Waals surface area contributed by atoms with Crippen molar-refractivity contribution in [3.05, 3.63) is 29.8 Å². The molecule has 1 aliphatic carbocycles. The van der Waals surface area contributed by atoms with Crippen LogP contribution in [0.4, 0.5) is 0 Å². The first-order chi connectivity index (χ1) is 12.5. The minimum absolute atomic E-state index is 0.117. The number of morpholine rings is 1. The standard InChI is InChI=1S/C18H25N3O4S/c1-14-5-7-16(8-6-14)19-20-18(22)15-3-2-4-17(13-15)26(23,24)21-9-11-25-12-10-21/h2-4,13-14H,5-12H2,1H3,(H,20,22). The lowest BCUT2D eigenvalue weighted by Gasteiger charge is -2.26. The number of sulfonamides is 1. The van der Waals surface area contributed by atoms with Gasteiger partial charge >= 0.3 is 0 Å². The Hall–Kier alpha value is -1.77. The monoisotopic (exact) mass is 379 g/mol. The van der Waals surface area contributed by atoms with Gasteiger partial charge < -0.3 is 4.74 Å². The number of nitrogens with zero attached hydrogens (tertiary/aromatic N) is 2. The third-order valence-corrected chi connectivity index (χ3v) is 6.77. The number of rotatable bonds is 4. The fraction of sp³-hybridized carbons (Fsp3) is 0.556. The van der Waals surface area contributed by atoms with Gasteiger partial charge in [-0.05, 0) is 49.8 Å². The summed E-state index contributed by atoms with van der Waals surface area (Å²) >= 11 is 0. The first-order valence-electron chi connectivity index (χ1n) is 9.00. The highest BCUT2D eigenvalue weighted by atomic mass is 32.2. The molecule has 0 spiro atoms. The van der Waals surface area contributed by atoms with Crippen molar-refractivity contribution in [3.63, 3.8) is 0 Å². The lowest BCUT2D eigenvalue weighted by Crippen LogP contribution is -2.40. The summed E-state index contributed by atoms with van der Waals surface area (Å²) in [4.78, 5) is 12.5. The molecule has 1 heterocycles. The fourth-order valence-corrected chi connectivity index (χ4v) is 4.59. The summed E-state index contributed by atoms with van der Waals surface area (Å²) in [5.41, 5.74) is 3.84. The van der Waals surface area contributed by atoms with Gasteiger partial charge in [-0.15, -0.1) is 0 Å². The number of hydrogen-bond acceptors (Lipinski definition) is 5. The van der Waals surface area contributed by atoms with Gasteiger partial charge in [0.05, 0.1) is 18.1 Å². The van der Waals surface area contributed by atoms with Gasteiger partial charge in [-0.1, -0.05) is 13.0 Å². The molecule has 0 bridgehead atoms. The molecule has 0 unspecified atom stereocenters. The fourth-order valence-electron chi connectivity index (χ4n) is 3.14. The summed E-state index contributed by atoms with van der Waals surface area (Å²) in [7, 11) is -3.62. The Morgan fingerprint density at radius 2 is 1.92 bits per heavy atom. The van der Waals surface area contributed by atoms with E-state index >= 15 is 0 Å². The van der Waals surface area contributed by atoms with E-state index in [1.807, 2.05) is 0 Å². The lowest BCUT2D eigenvalue weighted by molar-refractivity contribution is 0.0730. The van der Waals surface area contributed by atoms with E-state index in [4.69, 9.17) is 4.74 Å². The van der Waals surface area contributed by atoms with Crippen LogP contribution < -0.4 is 5.43 Å². The molecular weight excluding hydrogens is 354 g/mol. The molecule has 2 fully saturated rings. The molecule has 0 radical (unpaired) electrons. The molecule has 3 rings (SSSR count). The average Bonchev–Trinajstić information content (AvgIpc) is 2.68. The summed E-state index contributed by atoms with van der Waals surface area (Å²) in [5.74, 6) is 0.307. The predicted octanol–water partition coefficient (Wildman–Crippen LogP) is 2.00. The Morgan fingerprint density at radius 1 is 1.23 bits per heavy atom. The van der Waals surface area contributed by atoms with Gasteiger partial charge in [0, 0.05) is 24.4 Å². The molecule has 1 aliphatic heterocycles. The Balaban J connectivity index is 1.70. The molecule has 26 heavy (non-hydrogen) atoms. The lowest BCUT2D eigenvalue weighted by atomic mass is 9.90. The maximum atomic E-state index is 12.7. The highest BCUT2D eigenvalue weighted by Gasteiger charge is 2.26. The minimum atomic E-state index is -3.62. The number of hydrogen-bond donors (Lipinski definition) is 1. The Labute approximate surface area is 154 Å².